The predicted octanol–water partition coefficient (Wildman–Crippen LogP) is 5.67. The Morgan fingerprint density at radius 3 is 1.93 bits per heavy atom. The fourth-order valence-electron chi connectivity index (χ4n) is 2.51. The van der Waals surface area contributed by atoms with E-state index in [2.05, 4.69) is 34.6 Å². The molecule has 0 saturated carbocycles. The number of hydrogen-bond acceptors (Lipinski definition) is 0. The van der Waals surface area contributed by atoms with Gasteiger partial charge >= 0.3 is 0 Å². The third-order valence-corrected chi connectivity index (χ3v) is 4.04. The third-order valence-electron chi connectivity index (χ3n) is 4.04. The van der Waals surface area contributed by atoms with Crippen molar-refractivity contribution in [1.82, 2.24) is 0 Å². The molecule has 0 aliphatic heterocycles. The average molecular weight is 212 g/mol. The summed E-state index contributed by atoms with van der Waals surface area (Å²) in [5.41, 5.74) is 0. The molecule has 0 spiro atoms. The average Bonchev–Trinajstić information content (AvgIpc) is 2.24. The number of rotatable bonds is 9. The molecule has 0 bridgehead atoms. The van der Waals surface area contributed by atoms with Gasteiger partial charge in [0.05, 0.1) is 0 Å². The first-order valence-electron chi connectivity index (χ1n) is 7.15. The van der Waals surface area contributed by atoms with Crippen LogP contribution < -0.4 is 0 Å². The van der Waals surface area contributed by atoms with Crippen LogP contribution in [0, 0.1) is 17.8 Å². The predicted molar refractivity (Wildman–Crippen MR) is 71.2 cm³/mol. The van der Waals surface area contributed by atoms with Crippen LogP contribution >= 0.6 is 0 Å². The lowest BCUT2D eigenvalue weighted by atomic mass is 9.83. The molecular formula is C15H32. The molecule has 3 atom stereocenters. The van der Waals surface area contributed by atoms with Crippen molar-refractivity contribution in [3.63, 3.8) is 0 Å². The lowest BCUT2D eigenvalue weighted by Crippen LogP contribution is -2.11. The minimum absolute atomic E-state index is 0.934. The highest BCUT2D eigenvalue weighted by Gasteiger charge is 2.14. The lowest BCUT2D eigenvalue weighted by Gasteiger charge is -2.22. The molecule has 0 amide bonds. The minimum atomic E-state index is 0.934. The Balaban J connectivity index is 3.69. The van der Waals surface area contributed by atoms with Crippen LogP contribution in [0.3, 0.4) is 0 Å². The molecule has 0 aliphatic carbocycles. The zero-order valence-electron chi connectivity index (χ0n) is 11.7. The largest absolute Gasteiger partial charge is 0.0654 e. The van der Waals surface area contributed by atoms with Gasteiger partial charge in [0, 0.05) is 0 Å². The Labute approximate surface area is 97.8 Å². The van der Waals surface area contributed by atoms with E-state index in [1.807, 2.05) is 0 Å². The molecular weight excluding hydrogens is 180 g/mol. The van der Waals surface area contributed by atoms with Crippen LogP contribution in [0.15, 0.2) is 0 Å². The normalized spacial score (nSPS) is 17.4. The summed E-state index contributed by atoms with van der Waals surface area (Å²) >= 11 is 0. The molecule has 0 nitrogen and oxygen atoms in total. The molecule has 0 aliphatic rings. The van der Waals surface area contributed by atoms with Gasteiger partial charge < -0.3 is 0 Å². The van der Waals surface area contributed by atoms with Crippen LogP contribution in [0.5, 0.6) is 0 Å². The summed E-state index contributed by atoms with van der Waals surface area (Å²) in [7, 11) is 0. The van der Waals surface area contributed by atoms with Gasteiger partial charge in [0.2, 0.25) is 0 Å². The summed E-state index contributed by atoms with van der Waals surface area (Å²) in [6.07, 6.45) is 9.84. The van der Waals surface area contributed by atoms with Gasteiger partial charge in [0.1, 0.15) is 0 Å². The van der Waals surface area contributed by atoms with Crippen LogP contribution in [0.2, 0.25) is 0 Å². The van der Waals surface area contributed by atoms with Crippen molar-refractivity contribution in [3.05, 3.63) is 0 Å². The SMILES string of the molecule is CCCC(C)C(CC)CCCC(C)CC. The van der Waals surface area contributed by atoms with Crippen molar-refractivity contribution in [1.29, 1.82) is 0 Å². The standard InChI is InChI=1S/C15H32/c1-6-10-14(5)15(8-3)12-9-11-13(4)7-2/h13-15H,6-12H2,1-5H3. The second-order valence-electron chi connectivity index (χ2n) is 5.38. The molecule has 0 aromatic rings. The third kappa shape index (κ3) is 6.98. The quantitative estimate of drug-likeness (QED) is 0.462. The van der Waals surface area contributed by atoms with Crippen molar-refractivity contribution in [3.8, 4) is 0 Å². The van der Waals surface area contributed by atoms with Crippen LogP contribution in [-0.2, 0) is 0 Å². The minimum Gasteiger partial charge on any atom is -0.0654 e. The lowest BCUT2D eigenvalue weighted by molar-refractivity contribution is 0.290. The van der Waals surface area contributed by atoms with Gasteiger partial charge in [0.15, 0.2) is 0 Å². The summed E-state index contributed by atoms with van der Waals surface area (Å²) in [5, 5.41) is 0. The molecule has 0 aromatic carbocycles. The summed E-state index contributed by atoms with van der Waals surface area (Å²) < 4.78 is 0. The Hall–Kier alpha value is 0. The van der Waals surface area contributed by atoms with Crippen molar-refractivity contribution in [2.75, 3.05) is 0 Å². The summed E-state index contributed by atoms with van der Waals surface area (Å²) in [6, 6.07) is 0. The maximum Gasteiger partial charge on any atom is -0.0391 e. The van der Waals surface area contributed by atoms with Gasteiger partial charge in [0.25, 0.3) is 0 Å². The molecule has 0 fully saturated rings. The first kappa shape index (κ1) is 15.0. The van der Waals surface area contributed by atoms with E-state index in [0.717, 1.165) is 17.8 Å². The van der Waals surface area contributed by atoms with E-state index >= 15 is 0 Å². The van der Waals surface area contributed by atoms with Gasteiger partial charge in [-0.3, -0.25) is 0 Å². The van der Waals surface area contributed by atoms with Gasteiger partial charge in [-0.05, 0) is 17.8 Å². The topological polar surface area (TPSA) is 0 Å². The molecule has 0 heterocycles. The van der Waals surface area contributed by atoms with E-state index < -0.39 is 0 Å². The van der Waals surface area contributed by atoms with Crippen molar-refractivity contribution < 1.29 is 0 Å². The zero-order chi connectivity index (χ0) is 11.7. The number of hydrogen-bond donors (Lipinski definition) is 0. The maximum atomic E-state index is 2.45. The Kier molecular flexibility index (Phi) is 9.24. The van der Waals surface area contributed by atoms with Gasteiger partial charge in [-0.25, -0.2) is 0 Å². The van der Waals surface area contributed by atoms with E-state index in [4.69, 9.17) is 0 Å². The van der Waals surface area contributed by atoms with E-state index in [0.29, 0.717) is 0 Å². The molecule has 92 valence electrons. The molecule has 3 unspecified atom stereocenters. The highest BCUT2D eigenvalue weighted by Crippen LogP contribution is 2.26. The van der Waals surface area contributed by atoms with Crippen LogP contribution in [0.25, 0.3) is 0 Å². The smallest absolute Gasteiger partial charge is 0.0391 e. The van der Waals surface area contributed by atoms with Crippen molar-refractivity contribution in [2.45, 2.75) is 79.6 Å². The first-order chi connectivity index (χ1) is 7.15. The Morgan fingerprint density at radius 1 is 0.800 bits per heavy atom. The fourth-order valence-corrected chi connectivity index (χ4v) is 2.51. The molecule has 0 aromatic heterocycles. The molecule has 0 radical (unpaired) electrons. The van der Waals surface area contributed by atoms with E-state index in [9.17, 15) is 0 Å². The van der Waals surface area contributed by atoms with E-state index in [1.165, 1.54) is 44.9 Å². The molecule has 0 saturated heterocycles. The summed E-state index contributed by atoms with van der Waals surface area (Å²) in [5.74, 6) is 2.86. The zero-order valence-corrected chi connectivity index (χ0v) is 11.7. The van der Waals surface area contributed by atoms with Gasteiger partial charge in [-0.1, -0.05) is 79.6 Å². The Bertz CT molecular complexity index is 128. The molecule has 15 heavy (non-hydrogen) atoms. The Morgan fingerprint density at radius 2 is 1.47 bits per heavy atom. The summed E-state index contributed by atoms with van der Waals surface area (Å²) in [4.78, 5) is 0. The van der Waals surface area contributed by atoms with Gasteiger partial charge in [-0.15, -0.1) is 0 Å². The molecule has 0 heteroatoms. The van der Waals surface area contributed by atoms with Crippen LogP contribution in [0.1, 0.15) is 79.6 Å². The fraction of sp³-hybridized carbons (Fsp3) is 1.00. The monoisotopic (exact) mass is 212 g/mol. The molecule has 0 rings (SSSR count). The van der Waals surface area contributed by atoms with E-state index in [-0.39, 0.29) is 0 Å². The van der Waals surface area contributed by atoms with Crippen LogP contribution in [-0.4, -0.2) is 0 Å². The van der Waals surface area contributed by atoms with Crippen molar-refractivity contribution in [2.24, 2.45) is 17.8 Å². The summed E-state index contributed by atoms with van der Waals surface area (Å²) in [6.45, 7) is 11.8. The highest BCUT2D eigenvalue weighted by atomic mass is 14.2. The van der Waals surface area contributed by atoms with Gasteiger partial charge in [-0.2, -0.15) is 0 Å². The second kappa shape index (κ2) is 9.24. The maximum absolute atomic E-state index is 2.45. The van der Waals surface area contributed by atoms with Crippen LogP contribution in [0.4, 0.5) is 0 Å². The van der Waals surface area contributed by atoms with E-state index in [1.54, 1.807) is 0 Å². The van der Waals surface area contributed by atoms with Crippen molar-refractivity contribution >= 4 is 0 Å². The second-order valence-corrected chi connectivity index (χ2v) is 5.38. The first-order valence-corrected chi connectivity index (χ1v) is 7.15. The highest BCUT2D eigenvalue weighted by molar-refractivity contribution is 4.66. The molecule has 0 N–H and O–H groups in total.